The fraction of sp³-hybridized carbons (Fsp3) is 0.312. The van der Waals surface area contributed by atoms with Crippen LogP contribution in [-0.4, -0.2) is 25.5 Å². The Morgan fingerprint density at radius 3 is 2.83 bits per heavy atom. The third kappa shape index (κ3) is 4.09. The summed E-state index contributed by atoms with van der Waals surface area (Å²) in [7, 11) is 0. The molecule has 3 rings (SSSR count). The van der Waals surface area contributed by atoms with Gasteiger partial charge in [-0.3, -0.25) is 0 Å². The monoisotopic (exact) mass is 347 g/mol. The van der Waals surface area contributed by atoms with Gasteiger partial charge in [-0.2, -0.15) is 4.37 Å². The van der Waals surface area contributed by atoms with Gasteiger partial charge in [-0.1, -0.05) is 30.7 Å². The van der Waals surface area contributed by atoms with E-state index in [1.165, 1.54) is 11.5 Å². The predicted octanol–water partition coefficient (Wildman–Crippen LogP) is 4.04. The highest BCUT2D eigenvalue weighted by Crippen LogP contribution is 2.22. The Kier molecular flexibility index (Phi) is 5.25. The molecule has 0 aliphatic rings. The first kappa shape index (κ1) is 16.0. The summed E-state index contributed by atoms with van der Waals surface area (Å²) < 4.78 is 6.44. The highest BCUT2D eigenvalue weighted by molar-refractivity contribution is 7.09. The number of aryl methyl sites for hydroxylation is 1. The second kappa shape index (κ2) is 7.57. The first-order valence-corrected chi connectivity index (χ1v) is 8.70. The number of hydrogen-bond acceptors (Lipinski definition) is 5. The van der Waals surface area contributed by atoms with Gasteiger partial charge in [0.25, 0.3) is 0 Å². The minimum absolute atomic E-state index is 0.119. The molecule has 1 unspecified atom stereocenters. The third-order valence-corrected chi connectivity index (χ3v) is 4.49. The number of nitrogens with one attached hydrogen (secondary N) is 1. The van der Waals surface area contributed by atoms with Gasteiger partial charge in [0.05, 0.1) is 12.4 Å². The van der Waals surface area contributed by atoms with Crippen molar-refractivity contribution in [2.45, 2.75) is 25.8 Å². The second-order valence-corrected chi connectivity index (χ2v) is 6.41. The molecule has 2 heterocycles. The molecule has 23 heavy (non-hydrogen) atoms. The highest BCUT2D eigenvalue weighted by Gasteiger charge is 2.14. The fourth-order valence-electron chi connectivity index (χ4n) is 2.37. The first-order valence-electron chi connectivity index (χ1n) is 7.55. The average molecular weight is 348 g/mol. The molecule has 0 aliphatic heterocycles. The molecule has 7 heteroatoms. The number of nitrogens with zero attached hydrogens (tertiary/aromatic N) is 4. The molecule has 1 N–H and O–H groups in total. The Morgan fingerprint density at radius 2 is 2.13 bits per heavy atom. The quantitative estimate of drug-likeness (QED) is 0.700. The van der Waals surface area contributed by atoms with Crippen LogP contribution < -0.4 is 5.32 Å². The topological polar surface area (TPSA) is 55.6 Å². The molecule has 0 radical (unpaired) electrons. The van der Waals surface area contributed by atoms with Crippen molar-refractivity contribution >= 4 is 28.3 Å². The summed E-state index contributed by atoms with van der Waals surface area (Å²) >= 11 is 7.40. The van der Waals surface area contributed by atoms with Gasteiger partial charge in [0.1, 0.15) is 5.82 Å². The molecular weight excluding hydrogens is 330 g/mol. The summed E-state index contributed by atoms with van der Waals surface area (Å²) in [5, 5.41) is 4.98. The van der Waals surface area contributed by atoms with E-state index in [9.17, 15) is 0 Å². The molecule has 5 nitrogen and oxygen atoms in total. The molecule has 120 valence electrons. The van der Waals surface area contributed by atoms with Crippen molar-refractivity contribution in [3.8, 4) is 0 Å². The Bertz CT molecular complexity index is 723. The molecule has 0 spiro atoms. The molecule has 2 aromatic heterocycles. The molecule has 0 amide bonds. The van der Waals surface area contributed by atoms with Gasteiger partial charge in [0.2, 0.25) is 5.13 Å². The Balaban J connectivity index is 1.75. The van der Waals surface area contributed by atoms with Gasteiger partial charge in [-0.05, 0) is 24.1 Å². The van der Waals surface area contributed by atoms with Crippen LogP contribution in [0.15, 0.2) is 43.0 Å². The molecule has 1 atom stereocenters. The van der Waals surface area contributed by atoms with Crippen molar-refractivity contribution in [1.29, 1.82) is 0 Å². The summed E-state index contributed by atoms with van der Waals surface area (Å²) in [6, 6.07) is 8.01. The van der Waals surface area contributed by atoms with Gasteiger partial charge < -0.3 is 9.88 Å². The zero-order valence-electron chi connectivity index (χ0n) is 12.8. The lowest BCUT2D eigenvalue weighted by molar-refractivity contribution is 0.609. The summed E-state index contributed by atoms with van der Waals surface area (Å²) in [5.74, 6) is 0.908. The van der Waals surface area contributed by atoms with Crippen LogP contribution in [-0.2, 0) is 6.42 Å². The maximum absolute atomic E-state index is 6.00. The number of aromatic nitrogens is 4. The van der Waals surface area contributed by atoms with Crippen molar-refractivity contribution in [2.75, 3.05) is 11.9 Å². The number of benzene rings is 1. The van der Waals surface area contributed by atoms with E-state index in [4.69, 9.17) is 11.6 Å². The van der Waals surface area contributed by atoms with E-state index in [2.05, 4.69) is 31.1 Å². The Labute approximate surface area is 144 Å². The van der Waals surface area contributed by atoms with Crippen LogP contribution in [0.3, 0.4) is 0 Å². The molecule has 0 aliphatic carbocycles. The molecule has 0 fully saturated rings. The van der Waals surface area contributed by atoms with E-state index in [1.807, 2.05) is 36.8 Å². The average Bonchev–Trinajstić information content (AvgIpc) is 3.22. The third-order valence-electron chi connectivity index (χ3n) is 3.53. The smallest absolute Gasteiger partial charge is 0.202 e. The van der Waals surface area contributed by atoms with Crippen LogP contribution in [0.1, 0.15) is 30.8 Å². The van der Waals surface area contributed by atoms with Crippen LogP contribution in [0.25, 0.3) is 0 Å². The molecule has 0 saturated heterocycles. The fourth-order valence-corrected chi connectivity index (χ4v) is 3.11. The maximum atomic E-state index is 6.00. The molecular formula is C16H18ClN5S. The zero-order chi connectivity index (χ0) is 16.1. The number of rotatable bonds is 7. The first-order chi connectivity index (χ1) is 11.3. The van der Waals surface area contributed by atoms with E-state index >= 15 is 0 Å². The SMILES string of the molecule is CCCc1nsc(NCC(c2ccc(Cl)cc2)n2ccnc2)n1. The van der Waals surface area contributed by atoms with Crippen LogP contribution >= 0.6 is 23.1 Å². The molecule has 0 saturated carbocycles. The number of imidazole rings is 1. The molecule has 0 bridgehead atoms. The van der Waals surface area contributed by atoms with Gasteiger partial charge in [0, 0.05) is 41.9 Å². The van der Waals surface area contributed by atoms with Crippen LogP contribution in [0.4, 0.5) is 5.13 Å². The van der Waals surface area contributed by atoms with E-state index < -0.39 is 0 Å². The summed E-state index contributed by atoms with van der Waals surface area (Å²) in [6.07, 6.45) is 7.54. The Hall–Kier alpha value is -1.92. The Morgan fingerprint density at radius 1 is 1.30 bits per heavy atom. The van der Waals surface area contributed by atoms with Crippen molar-refractivity contribution in [1.82, 2.24) is 18.9 Å². The maximum Gasteiger partial charge on any atom is 0.202 e. The van der Waals surface area contributed by atoms with E-state index in [0.717, 1.165) is 34.4 Å². The summed E-state index contributed by atoms with van der Waals surface area (Å²) in [5.41, 5.74) is 1.16. The second-order valence-electron chi connectivity index (χ2n) is 5.22. The minimum Gasteiger partial charge on any atom is -0.358 e. The van der Waals surface area contributed by atoms with Crippen LogP contribution in [0.5, 0.6) is 0 Å². The van der Waals surface area contributed by atoms with Crippen LogP contribution in [0.2, 0.25) is 5.02 Å². The minimum atomic E-state index is 0.119. The summed E-state index contributed by atoms with van der Waals surface area (Å²) in [6.45, 7) is 2.84. The number of anilines is 1. The number of hydrogen-bond donors (Lipinski definition) is 1. The lowest BCUT2D eigenvalue weighted by Crippen LogP contribution is -2.19. The standard InChI is InChI=1S/C16H18ClN5S/c1-2-3-15-20-16(23-21-15)19-10-14(22-9-8-18-11-22)12-4-6-13(17)7-5-12/h4-9,11,14H,2-3,10H2,1H3,(H,19,20,21). The van der Waals surface area contributed by atoms with Crippen molar-refractivity contribution in [2.24, 2.45) is 0 Å². The molecule has 1 aromatic carbocycles. The van der Waals surface area contributed by atoms with E-state index in [1.54, 1.807) is 6.20 Å². The largest absolute Gasteiger partial charge is 0.358 e. The lowest BCUT2D eigenvalue weighted by atomic mass is 10.1. The predicted molar refractivity (Wildman–Crippen MR) is 94.2 cm³/mol. The van der Waals surface area contributed by atoms with Gasteiger partial charge in [-0.25, -0.2) is 9.97 Å². The highest BCUT2D eigenvalue weighted by atomic mass is 35.5. The van der Waals surface area contributed by atoms with Crippen LogP contribution in [0, 0.1) is 0 Å². The normalized spacial score (nSPS) is 12.3. The van der Waals surface area contributed by atoms with Gasteiger partial charge in [-0.15, -0.1) is 0 Å². The van der Waals surface area contributed by atoms with Crippen molar-refractivity contribution in [3.63, 3.8) is 0 Å². The lowest BCUT2D eigenvalue weighted by Gasteiger charge is -2.19. The van der Waals surface area contributed by atoms with Crippen molar-refractivity contribution < 1.29 is 0 Å². The van der Waals surface area contributed by atoms with Crippen molar-refractivity contribution in [3.05, 3.63) is 59.4 Å². The van der Waals surface area contributed by atoms with Gasteiger partial charge in [0.15, 0.2) is 0 Å². The van der Waals surface area contributed by atoms with E-state index in [0.29, 0.717) is 6.54 Å². The van der Waals surface area contributed by atoms with E-state index in [-0.39, 0.29) is 6.04 Å². The zero-order valence-corrected chi connectivity index (χ0v) is 14.4. The summed E-state index contributed by atoms with van der Waals surface area (Å²) in [4.78, 5) is 8.66. The number of halogens is 1. The van der Waals surface area contributed by atoms with Gasteiger partial charge >= 0.3 is 0 Å². The molecule has 3 aromatic rings.